The van der Waals surface area contributed by atoms with Crippen LogP contribution in [0.2, 0.25) is 0 Å². The Morgan fingerprint density at radius 1 is 1.21 bits per heavy atom. The number of rotatable bonds is 6. The predicted octanol–water partition coefficient (Wildman–Crippen LogP) is 3.72. The average molecular weight is 439 g/mol. The molecule has 0 aliphatic rings. The van der Waals surface area contributed by atoms with Gasteiger partial charge in [-0.3, -0.25) is 0 Å². The van der Waals surface area contributed by atoms with E-state index in [9.17, 15) is 4.79 Å². The Morgan fingerprint density at radius 2 is 1.96 bits per heavy atom. The minimum Gasteiger partial charge on any atom is -0.497 e. The molecular formula is C18H22IN3O2. The van der Waals surface area contributed by atoms with Crippen molar-refractivity contribution >= 4 is 34.3 Å². The molecule has 6 heteroatoms. The number of likely N-dealkylation sites (N-methyl/N-ethyl adjacent to an activating group) is 1. The van der Waals surface area contributed by atoms with E-state index in [1.54, 1.807) is 7.11 Å². The van der Waals surface area contributed by atoms with Crippen LogP contribution in [0.1, 0.15) is 11.6 Å². The highest BCUT2D eigenvalue weighted by atomic mass is 127. The van der Waals surface area contributed by atoms with Gasteiger partial charge in [0.1, 0.15) is 5.75 Å². The summed E-state index contributed by atoms with van der Waals surface area (Å²) in [5.74, 6) is 0.808. The third-order valence-corrected chi connectivity index (χ3v) is 4.31. The SMILES string of the molecule is COc1cccc(C(CNC(=O)Nc2cccc(I)c2)N(C)C)c1. The molecule has 0 aromatic heterocycles. The molecule has 0 heterocycles. The highest BCUT2D eigenvalue weighted by molar-refractivity contribution is 14.1. The maximum Gasteiger partial charge on any atom is 0.319 e. The van der Waals surface area contributed by atoms with Crippen molar-refractivity contribution in [2.24, 2.45) is 0 Å². The van der Waals surface area contributed by atoms with Gasteiger partial charge in [-0.2, -0.15) is 0 Å². The van der Waals surface area contributed by atoms with Crippen molar-refractivity contribution in [1.82, 2.24) is 10.2 Å². The zero-order chi connectivity index (χ0) is 17.5. The fraction of sp³-hybridized carbons (Fsp3) is 0.278. The van der Waals surface area contributed by atoms with Gasteiger partial charge in [-0.15, -0.1) is 0 Å². The van der Waals surface area contributed by atoms with E-state index in [0.29, 0.717) is 6.54 Å². The predicted molar refractivity (Wildman–Crippen MR) is 106 cm³/mol. The van der Waals surface area contributed by atoms with Gasteiger partial charge in [-0.05, 0) is 72.6 Å². The first-order valence-corrected chi connectivity index (χ1v) is 8.68. The molecule has 0 bridgehead atoms. The number of hydrogen-bond donors (Lipinski definition) is 2. The highest BCUT2D eigenvalue weighted by Gasteiger charge is 2.16. The summed E-state index contributed by atoms with van der Waals surface area (Å²) in [7, 11) is 5.63. The standard InChI is InChI=1S/C18H22IN3O2/c1-22(2)17(13-6-4-9-16(10-13)24-3)12-20-18(23)21-15-8-5-7-14(19)11-15/h4-11,17H,12H2,1-3H3,(H2,20,21,23). The fourth-order valence-electron chi connectivity index (χ4n) is 2.38. The molecule has 2 rings (SSSR count). The first kappa shape index (κ1) is 18.5. The van der Waals surface area contributed by atoms with Gasteiger partial charge in [0.15, 0.2) is 0 Å². The number of carbonyl (C=O) groups is 1. The highest BCUT2D eigenvalue weighted by Crippen LogP contribution is 2.22. The van der Waals surface area contributed by atoms with E-state index < -0.39 is 0 Å². The zero-order valence-electron chi connectivity index (χ0n) is 14.0. The molecule has 2 aromatic carbocycles. The van der Waals surface area contributed by atoms with Crippen LogP contribution < -0.4 is 15.4 Å². The van der Waals surface area contributed by atoms with Gasteiger partial charge < -0.3 is 20.3 Å². The van der Waals surface area contributed by atoms with Crippen molar-refractivity contribution in [3.63, 3.8) is 0 Å². The number of methoxy groups -OCH3 is 1. The summed E-state index contributed by atoms with van der Waals surface area (Å²) in [4.78, 5) is 14.2. The van der Waals surface area contributed by atoms with Gasteiger partial charge in [0.2, 0.25) is 0 Å². The Hall–Kier alpha value is -1.80. The number of nitrogens with zero attached hydrogens (tertiary/aromatic N) is 1. The van der Waals surface area contributed by atoms with Gasteiger partial charge >= 0.3 is 6.03 Å². The summed E-state index contributed by atoms with van der Waals surface area (Å²) < 4.78 is 6.36. The molecule has 0 spiro atoms. The normalized spacial score (nSPS) is 11.9. The number of carbonyl (C=O) groups excluding carboxylic acids is 1. The van der Waals surface area contributed by atoms with Gasteiger partial charge in [-0.25, -0.2) is 4.79 Å². The minimum atomic E-state index is -0.216. The monoisotopic (exact) mass is 439 g/mol. The molecule has 0 aliphatic carbocycles. The van der Waals surface area contributed by atoms with Crippen molar-refractivity contribution in [1.29, 1.82) is 0 Å². The van der Waals surface area contributed by atoms with E-state index in [-0.39, 0.29) is 12.1 Å². The first-order valence-electron chi connectivity index (χ1n) is 7.60. The molecule has 0 radical (unpaired) electrons. The Kier molecular flexibility index (Phi) is 6.86. The van der Waals surface area contributed by atoms with Crippen molar-refractivity contribution in [3.05, 3.63) is 57.7 Å². The van der Waals surface area contributed by atoms with Crippen LogP contribution in [-0.2, 0) is 0 Å². The smallest absolute Gasteiger partial charge is 0.319 e. The van der Waals surface area contributed by atoms with Crippen LogP contribution in [0, 0.1) is 3.57 Å². The first-order chi connectivity index (χ1) is 11.5. The van der Waals surface area contributed by atoms with Crippen molar-refractivity contribution in [3.8, 4) is 5.75 Å². The average Bonchev–Trinajstić information content (AvgIpc) is 2.55. The van der Waals surface area contributed by atoms with Crippen molar-refractivity contribution < 1.29 is 9.53 Å². The van der Waals surface area contributed by atoms with Crippen LogP contribution in [-0.4, -0.2) is 38.7 Å². The van der Waals surface area contributed by atoms with Gasteiger partial charge in [-0.1, -0.05) is 18.2 Å². The second-order valence-electron chi connectivity index (χ2n) is 5.60. The Bertz CT molecular complexity index is 691. The topological polar surface area (TPSA) is 53.6 Å². The number of urea groups is 1. The number of ether oxygens (including phenoxy) is 1. The van der Waals surface area contributed by atoms with Crippen LogP contribution in [0.3, 0.4) is 0 Å². The minimum absolute atomic E-state index is 0.0572. The van der Waals surface area contributed by atoms with Gasteiger partial charge in [0, 0.05) is 15.8 Å². The molecule has 2 amide bonds. The fourth-order valence-corrected chi connectivity index (χ4v) is 2.92. The maximum atomic E-state index is 12.1. The number of nitrogens with one attached hydrogen (secondary N) is 2. The van der Waals surface area contributed by atoms with E-state index >= 15 is 0 Å². The van der Waals surface area contributed by atoms with E-state index in [0.717, 1.165) is 20.6 Å². The molecule has 5 nitrogen and oxygen atoms in total. The van der Waals surface area contributed by atoms with Crippen LogP contribution in [0.25, 0.3) is 0 Å². The lowest BCUT2D eigenvalue weighted by Crippen LogP contribution is -2.36. The third kappa shape index (κ3) is 5.38. The van der Waals surface area contributed by atoms with E-state index in [1.807, 2.05) is 62.6 Å². The summed E-state index contributed by atoms with van der Waals surface area (Å²) >= 11 is 2.22. The number of amides is 2. The lowest BCUT2D eigenvalue weighted by atomic mass is 10.1. The van der Waals surface area contributed by atoms with Crippen LogP contribution in [0.4, 0.5) is 10.5 Å². The van der Waals surface area contributed by atoms with Crippen molar-refractivity contribution in [2.75, 3.05) is 33.1 Å². The molecular weight excluding hydrogens is 417 g/mol. The largest absolute Gasteiger partial charge is 0.497 e. The summed E-state index contributed by atoms with van der Waals surface area (Å²) in [6.07, 6.45) is 0. The van der Waals surface area contributed by atoms with Crippen LogP contribution in [0.15, 0.2) is 48.5 Å². The molecule has 0 fully saturated rings. The van der Waals surface area contributed by atoms with Crippen LogP contribution >= 0.6 is 22.6 Å². The van der Waals surface area contributed by atoms with Crippen LogP contribution in [0.5, 0.6) is 5.75 Å². The van der Waals surface area contributed by atoms with E-state index in [2.05, 4.69) is 38.1 Å². The Labute approximate surface area is 156 Å². The molecule has 2 N–H and O–H groups in total. The number of anilines is 1. The molecule has 24 heavy (non-hydrogen) atoms. The van der Waals surface area contributed by atoms with E-state index in [1.165, 1.54) is 0 Å². The second kappa shape index (κ2) is 8.89. The maximum absolute atomic E-state index is 12.1. The molecule has 1 unspecified atom stereocenters. The van der Waals surface area contributed by atoms with E-state index in [4.69, 9.17) is 4.74 Å². The Morgan fingerprint density at radius 3 is 2.62 bits per heavy atom. The third-order valence-electron chi connectivity index (χ3n) is 3.64. The molecule has 2 aromatic rings. The summed E-state index contributed by atoms with van der Waals surface area (Å²) in [6.45, 7) is 0.496. The molecule has 128 valence electrons. The summed E-state index contributed by atoms with van der Waals surface area (Å²) in [6, 6.07) is 15.4. The summed E-state index contributed by atoms with van der Waals surface area (Å²) in [5, 5.41) is 5.79. The second-order valence-corrected chi connectivity index (χ2v) is 6.85. The van der Waals surface area contributed by atoms with Crippen molar-refractivity contribution in [2.45, 2.75) is 6.04 Å². The molecule has 0 saturated heterocycles. The lowest BCUT2D eigenvalue weighted by molar-refractivity contribution is 0.243. The zero-order valence-corrected chi connectivity index (χ0v) is 16.2. The molecule has 1 atom stereocenters. The number of hydrogen-bond acceptors (Lipinski definition) is 3. The van der Waals surface area contributed by atoms with Gasteiger partial charge in [0.05, 0.1) is 13.2 Å². The Balaban J connectivity index is 1.99. The molecule has 0 aliphatic heterocycles. The number of benzene rings is 2. The van der Waals surface area contributed by atoms with Gasteiger partial charge in [0.25, 0.3) is 0 Å². The molecule has 0 saturated carbocycles. The lowest BCUT2D eigenvalue weighted by Gasteiger charge is -2.25. The number of halogens is 1. The quantitative estimate of drug-likeness (QED) is 0.675. The summed E-state index contributed by atoms with van der Waals surface area (Å²) in [5.41, 5.74) is 1.87.